The zero-order chi connectivity index (χ0) is 19.0. The van der Waals surface area contributed by atoms with E-state index in [9.17, 15) is 19.2 Å². The van der Waals surface area contributed by atoms with Gasteiger partial charge in [0, 0.05) is 0 Å². The fraction of sp³-hybridized carbons (Fsp3) is 0.700. The first kappa shape index (κ1) is 21.3. The Bertz CT molecular complexity index is 536. The van der Waals surface area contributed by atoms with Crippen LogP contribution >= 0.6 is 0 Å². The predicted octanol–water partition coefficient (Wildman–Crippen LogP) is 3.46. The fourth-order valence-corrected chi connectivity index (χ4v) is 3.17. The van der Waals surface area contributed by atoms with Gasteiger partial charge in [0.15, 0.2) is 11.7 Å². The molecule has 25 heavy (non-hydrogen) atoms. The standard InChI is InChI=1S/C20H31NO4/c1-5-6-7-8-9-10-11-12-17(23)21-16(13-14(2)3)19(24)18(15(4)22)20(21)25/h11-12,14,16,18H,5-10,13H2,1-4H3/t16-,18-/m1/s1. The summed E-state index contributed by atoms with van der Waals surface area (Å²) in [7, 11) is 0. The highest BCUT2D eigenvalue weighted by Gasteiger charge is 2.51. The number of ketones is 2. The third kappa shape index (κ3) is 5.91. The number of carbonyl (C=O) groups excluding carboxylic acids is 4. The SMILES string of the molecule is CCCCCCCC=CC(=O)N1C(=O)[C@H](C(C)=O)C(=O)[C@H]1CC(C)C. The Balaban J connectivity index is 2.73. The summed E-state index contributed by atoms with van der Waals surface area (Å²) < 4.78 is 0. The second-order valence-corrected chi connectivity index (χ2v) is 7.24. The molecule has 1 aliphatic rings. The van der Waals surface area contributed by atoms with Gasteiger partial charge in [0.2, 0.25) is 5.91 Å². The molecule has 0 aromatic heterocycles. The van der Waals surface area contributed by atoms with Gasteiger partial charge in [-0.2, -0.15) is 0 Å². The molecule has 0 bridgehead atoms. The Labute approximate surface area is 150 Å². The van der Waals surface area contributed by atoms with E-state index >= 15 is 0 Å². The molecule has 2 amide bonds. The molecule has 0 aromatic rings. The van der Waals surface area contributed by atoms with Gasteiger partial charge in [0.1, 0.15) is 5.78 Å². The maximum Gasteiger partial charge on any atom is 0.253 e. The quantitative estimate of drug-likeness (QED) is 0.344. The lowest BCUT2D eigenvalue weighted by molar-refractivity contribution is -0.143. The molecule has 0 unspecified atom stereocenters. The number of unbranched alkanes of at least 4 members (excludes halogenated alkanes) is 5. The van der Waals surface area contributed by atoms with Crippen LogP contribution in [0.2, 0.25) is 0 Å². The van der Waals surface area contributed by atoms with Crippen LogP contribution in [0.15, 0.2) is 12.2 Å². The van der Waals surface area contributed by atoms with Gasteiger partial charge in [-0.1, -0.05) is 52.5 Å². The van der Waals surface area contributed by atoms with Crippen LogP contribution in [0.1, 0.15) is 72.6 Å². The molecular formula is C20H31NO4. The van der Waals surface area contributed by atoms with Crippen LogP contribution in [-0.4, -0.2) is 34.3 Å². The van der Waals surface area contributed by atoms with Crippen molar-refractivity contribution in [3.05, 3.63) is 12.2 Å². The van der Waals surface area contributed by atoms with Crippen LogP contribution in [0.5, 0.6) is 0 Å². The molecule has 1 fully saturated rings. The summed E-state index contributed by atoms with van der Waals surface area (Å²) in [5.41, 5.74) is 0. The highest BCUT2D eigenvalue weighted by molar-refractivity contribution is 6.27. The van der Waals surface area contributed by atoms with Crippen LogP contribution in [-0.2, 0) is 19.2 Å². The monoisotopic (exact) mass is 349 g/mol. The number of rotatable bonds is 10. The minimum Gasteiger partial charge on any atom is -0.299 e. The first-order valence-corrected chi connectivity index (χ1v) is 9.39. The predicted molar refractivity (Wildman–Crippen MR) is 96.8 cm³/mol. The van der Waals surface area contributed by atoms with E-state index in [-0.39, 0.29) is 5.92 Å². The van der Waals surface area contributed by atoms with Gasteiger partial charge in [0.05, 0.1) is 6.04 Å². The number of carbonyl (C=O) groups is 4. The van der Waals surface area contributed by atoms with Crippen molar-refractivity contribution in [3.63, 3.8) is 0 Å². The summed E-state index contributed by atoms with van der Waals surface area (Å²) in [5, 5.41) is 0. The number of allylic oxidation sites excluding steroid dienone is 1. The Kier molecular flexibility index (Phi) is 8.73. The van der Waals surface area contributed by atoms with Crippen LogP contribution in [0.25, 0.3) is 0 Å². The zero-order valence-electron chi connectivity index (χ0n) is 15.9. The molecule has 1 heterocycles. The Morgan fingerprint density at radius 3 is 2.32 bits per heavy atom. The van der Waals surface area contributed by atoms with E-state index in [0.717, 1.165) is 24.2 Å². The minimum atomic E-state index is -1.31. The van der Waals surface area contributed by atoms with E-state index < -0.39 is 35.3 Å². The summed E-state index contributed by atoms with van der Waals surface area (Å²) in [4.78, 5) is 50.0. The van der Waals surface area contributed by atoms with Gasteiger partial charge in [-0.05, 0) is 38.2 Å². The first-order chi connectivity index (χ1) is 11.8. The van der Waals surface area contributed by atoms with Crippen molar-refractivity contribution in [1.82, 2.24) is 4.90 Å². The van der Waals surface area contributed by atoms with Crippen molar-refractivity contribution < 1.29 is 19.2 Å². The maximum absolute atomic E-state index is 12.5. The van der Waals surface area contributed by atoms with Gasteiger partial charge in [0.25, 0.3) is 5.91 Å². The molecular weight excluding hydrogens is 318 g/mol. The average Bonchev–Trinajstić information content (AvgIpc) is 2.76. The summed E-state index contributed by atoms with van der Waals surface area (Å²) in [5.74, 6) is -3.24. The van der Waals surface area contributed by atoms with E-state index in [1.54, 1.807) is 6.08 Å². The van der Waals surface area contributed by atoms with Crippen molar-refractivity contribution in [3.8, 4) is 0 Å². The highest BCUT2D eigenvalue weighted by Crippen LogP contribution is 2.27. The van der Waals surface area contributed by atoms with Crippen molar-refractivity contribution >= 4 is 23.4 Å². The van der Waals surface area contributed by atoms with E-state index in [1.807, 2.05) is 13.8 Å². The second-order valence-electron chi connectivity index (χ2n) is 7.24. The van der Waals surface area contributed by atoms with Crippen LogP contribution in [0.3, 0.4) is 0 Å². The molecule has 0 spiro atoms. The summed E-state index contributed by atoms with van der Waals surface area (Å²) in [6.45, 7) is 7.24. The first-order valence-electron chi connectivity index (χ1n) is 9.39. The largest absolute Gasteiger partial charge is 0.299 e. The van der Waals surface area contributed by atoms with Gasteiger partial charge in [-0.15, -0.1) is 0 Å². The van der Waals surface area contributed by atoms with Gasteiger partial charge in [-0.3, -0.25) is 24.1 Å². The molecule has 0 radical (unpaired) electrons. The number of hydrogen-bond acceptors (Lipinski definition) is 4. The Hall–Kier alpha value is -1.78. The lowest BCUT2D eigenvalue weighted by Gasteiger charge is -2.21. The molecule has 0 N–H and O–H groups in total. The zero-order valence-corrected chi connectivity index (χ0v) is 15.9. The number of imide groups is 1. The molecule has 2 atom stereocenters. The third-order valence-corrected chi connectivity index (χ3v) is 4.48. The molecule has 0 aromatic carbocycles. The van der Waals surface area contributed by atoms with Crippen molar-refractivity contribution in [2.24, 2.45) is 11.8 Å². The molecule has 1 saturated heterocycles. The average molecular weight is 349 g/mol. The Morgan fingerprint density at radius 1 is 1.12 bits per heavy atom. The third-order valence-electron chi connectivity index (χ3n) is 4.48. The van der Waals surface area contributed by atoms with E-state index in [2.05, 4.69) is 6.92 Å². The van der Waals surface area contributed by atoms with Gasteiger partial charge < -0.3 is 0 Å². The van der Waals surface area contributed by atoms with Crippen molar-refractivity contribution in [2.45, 2.75) is 78.7 Å². The second kappa shape index (κ2) is 10.3. The van der Waals surface area contributed by atoms with E-state index in [0.29, 0.717) is 6.42 Å². The van der Waals surface area contributed by atoms with E-state index in [4.69, 9.17) is 0 Å². The molecule has 0 saturated carbocycles. The number of hydrogen-bond donors (Lipinski definition) is 0. The van der Waals surface area contributed by atoms with Crippen LogP contribution in [0.4, 0.5) is 0 Å². The molecule has 1 rings (SSSR count). The smallest absolute Gasteiger partial charge is 0.253 e. The van der Waals surface area contributed by atoms with Crippen molar-refractivity contribution in [1.29, 1.82) is 0 Å². The van der Waals surface area contributed by atoms with E-state index in [1.165, 1.54) is 32.3 Å². The van der Waals surface area contributed by atoms with Crippen LogP contribution < -0.4 is 0 Å². The number of amides is 2. The number of Topliss-reactive ketones (excluding diaryl/α,β-unsaturated/α-hetero) is 2. The van der Waals surface area contributed by atoms with Crippen molar-refractivity contribution in [2.75, 3.05) is 0 Å². The fourth-order valence-electron chi connectivity index (χ4n) is 3.17. The molecule has 5 nitrogen and oxygen atoms in total. The number of nitrogens with zero attached hydrogens (tertiary/aromatic N) is 1. The molecule has 140 valence electrons. The summed E-state index contributed by atoms with van der Waals surface area (Å²) in [6, 6.07) is -0.817. The molecule has 5 heteroatoms. The van der Waals surface area contributed by atoms with Gasteiger partial charge in [-0.25, -0.2) is 0 Å². The molecule has 0 aliphatic carbocycles. The Morgan fingerprint density at radius 2 is 1.76 bits per heavy atom. The summed E-state index contributed by atoms with van der Waals surface area (Å²) in [6.07, 6.45) is 10.0. The highest BCUT2D eigenvalue weighted by atomic mass is 16.2. The normalized spacial score (nSPS) is 20.9. The summed E-state index contributed by atoms with van der Waals surface area (Å²) >= 11 is 0. The van der Waals surface area contributed by atoms with Gasteiger partial charge >= 0.3 is 0 Å². The lowest BCUT2D eigenvalue weighted by Crippen LogP contribution is -2.40. The lowest BCUT2D eigenvalue weighted by atomic mass is 9.94. The minimum absolute atomic E-state index is 0.144. The number of likely N-dealkylation sites (tertiary alicyclic amines) is 1. The molecule has 1 aliphatic heterocycles. The topological polar surface area (TPSA) is 71.5 Å². The van der Waals surface area contributed by atoms with Crippen LogP contribution in [0, 0.1) is 11.8 Å². The maximum atomic E-state index is 12.5.